The molecule has 0 spiro atoms. The summed E-state index contributed by atoms with van der Waals surface area (Å²) in [5, 5.41) is 13.3. The maximum absolute atomic E-state index is 12.5. The summed E-state index contributed by atoms with van der Waals surface area (Å²) in [4.78, 5) is 22.0. The SMILES string of the molecule is Cc1sc2nc([C@@H](C)Sc3nnnn3C[C@@H]3CCCO3)[nH]c(=O)c2c1C. The lowest BCUT2D eigenvalue weighted by Gasteiger charge is -2.12. The van der Waals surface area contributed by atoms with Crippen molar-refractivity contribution in [2.24, 2.45) is 0 Å². The van der Waals surface area contributed by atoms with E-state index >= 15 is 0 Å². The molecule has 0 unspecified atom stereocenters. The lowest BCUT2D eigenvalue weighted by atomic mass is 10.2. The van der Waals surface area contributed by atoms with Gasteiger partial charge in [-0.3, -0.25) is 4.79 Å². The Labute approximate surface area is 158 Å². The summed E-state index contributed by atoms with van der Waals surface area (Å²) in [6.45, 7) is 7.42. The van der Waals surface area contributed by atoms with Crippen molar-refractivity contribution >= 4 is 33.3 Å². The van der Waals surface area contributed by atoms with Crippen LogP contribution in [0.2, 0.25) is 0 Å². The van der Waals surface area contributed by atoms with Crippen molar-refractivity contribution in [2.75, 3.05) is 6.61 Å². The van der Waals surface area contributed by atoms with Crippen LogP contribution in [0.5, 0.6) is 0 Å². The van der Waals surface area contributed by atoms with Gasteiger partial charge in [0.25, 0.3) is 5.56 Å². The highest BCUT2D eigenvalue weighted by atomic mass is 32.2. The number of fused-ring (bicyclic) bond motifs is 1. The number of tetrazole rings is 1. The number of thioether (sulfide) groups is 1. The van der Waals surface area contributed by atoms with E-state index in [0.29, 0.717) is 22.9 Å². The molecule has 1 aliphatic rings. The summed E-state index contributed by atoms with van der Waals surface area (Å²) in [6, 6.07) is 0. The van der Waals surface area contributed by atoms with Gasteiger partial charge in [-0.15, -0.1) is 16.4 Å². The Hall–Kier alpha value is -1.78. The van der Waals surface area contributed by atoms with Crippen LogP contribution in [-0.2, 0) is 11.3 Å². The van der Waals surface area contributed by atoms with E-state index < -0.39 is 0 Å². The average molecular weight is 393 g/mol. The highest BCUT2D eigenvalue weighted by molar-refractivity contribution is 7.99. The topological polar surface area (TPSA) is 98.6 Å². The molecule has 4 heterocycles. The minimum atomic E-state index is -0.0850. The molecule has 1 aliphatic heterocycles. The Balaban J connectivity index is 1.57. The number of aromatic amines is 1. The number of thiophene rings is 1. The van der Waals surface area contributed by atoms with Crippen molar-refractivity contribution < 1.29 is 4.74 Å². The molecule has 138 valence electrons. The van der Waals surface area contributed by atoms with Gasteiger partial charge in [-0.25, -0.2) is 9.67 Å². The van der Waals surface area contributed by atoms with Gasteiger partial charge in [0.05, 0.1) is 23.3 Å². The Morgan fingerprint density at radius 2 is 2.31 bits per heavy atom. The predicted octanol–water partition coefficient (Wildman–Crippen LogP) is 2.62. The van der Waals surface area contributed by atoms with Gasteiger partial charge < -0.3 is 9.72 Å². The first-order chi connectivity index (χ1) is 12.5. The molecule has 0 aromatic carbocycles. The molecule has 1 fully saturated rings. The van der Waals surface area contributed by atoms with E-state index in [4.69, 9.17) is 4.74 Å². The fraction of sp³-hybridized carbons (Fsp3) is 0.562. The number of hydrogen-bond donors (Lipinski definition) is 1. The second kappa shape index (κ2) is 7.09. The minimum Gasteiger partial charge on any atom is -0.376 e. The van der Waals surface area contributed by atoms with Crippen LogP contribution in [-0.4, -0.2) is 42.9 Å². The Bertz CT molecular complexity index is 988. The molecule has 1 N–H and O–H groups in total. The van der Waals surface area contributed by atoms with Gasteiger partial charge in [0.15, 0.2) is 0 Å². The van der Waals surface area contributed by atoms with Gasteiger partial charge in [-0.1, -0.05) is 11.8 Å². The zero-order valence-corrected chi connectivity index (χ0v) is 16.5. The third-order valence-electron chi connectivity index (χ3n) is 4.62. The number of aryl methyl sites for hydroxylation is 2. The first-order valence-electron chi connectivity index (χ1n) is 8.57. The summed E-state index contributed by atoms with van der Waals surface area (Å²) in [5.74, 6) is 0.639. The van der Waals surface area contributed by atoms with Crippen LogP contribution >= 0.6 is 23.1 Å². The normalized spacial score (nSPS) is 18.7. The molecule has 26 heavy (non-hydrogen) atoms. The first-order valence-corrected chi connectivity index (χ1v) is 10.3. The van der Waals surface area contributed by atoms with Crippen molar-refractivity contribution in [1.29, 1.82) is 0 Å². The van der Waals surface area contributed by atoms with Crippen LogP contribution in [0.25, 0.3) is 10.2 Å². The van der Waals surface area contributed by atoms with Gasteiger partial charge >= 0.3 is 0 Å². The summed E-state index contributed by atoms with van der Waals surface area (Å²) < 4.78 is 7.44. The number of rotatable bonds is 5. The Morgan fingerprint density at radius 1 is 1.46 bits per heavy atom. The second-order valence-corrected chi connectivity index (χ2v) is 8.96. The highest BCUT2D eigenvalue weighted by Gasteiger charge is 2.22. The van der Waals surface area contributed by atoms with E-state index in [2.05, 4.69) is 25.5 Å². The second-order valence-electron chi connectivity index (χ2n) is 6.45. The van der Waals surface area contributed by atoms with Crippen LogP contribution in [0.15, 0.2) is 9.95 Å². The largest absolute Gasteiger partial charge is 0.376 e. The van der Waals surface area contributed by atoms with Gasteiger partial charge in [0.1, 0.15) is 10.7 Å². The van der Waals surface area contributed by atoms with Crippen molar-refractivity contribution in [2.45, 2.75) is 56.7 Å². The first kappa shape index (κ1) is 17.6. The zero-order chi connectivity index (χ0) is 18.3. The standard InChI is InChI=1S/C16H20N6O2S2/c1-8-9(2)25-15-12(8)14(23)17-13(18-15)10(3)26-16-19-20-21-22(16)7-11-5-4-6-24-11/h10-11H,4-7H2,1-3H3,(H,17,18,23)/t10-,11+/m1/s1. The van der Waals surface area contributed by atoms with Crippen LogP contribution in [0.4, 0.5) is 0 Å². The summed E-state index contributed by atoms with van der Waals surface area (Å²) >= 11 is 3.04. The van der Waals surface area contributed by atoms with E-state index in [1.54, 1.807) is 16.0 Å². The average Bonchev–Trinajstić information content (AvgIpc) is 3.32. The number of aromatic nitrogens is 6. The van der Waals surface area contributed by atoms with Crippen molar-refractivity contribution in [3.63, 3.8) is 0 Å². The number of H-pyrrole nitrogens is 1. The van der Waals surface area contributed by atoms with E-state index in [9.17, 15) is 4.79 Å². The molecule has 0 radical (unpaired) electrons. The molecule has 0 amide bonds. The van der Waals surface area contributed by atoms with Crippen LogP contribution < -0.4 is 5.56 Å². The monoisotopic (exact) mass is 392 g/mol. The van der Waals surface area contributed by atoms with E-state index in [1.165, 1.54) is 11.8 Å². The molecular formula is C16H20N6O2S2. The van der Waals surface area contributed by atoms with Gasteiger partial charge in [0, 0.05) is 11.5 Å². The van der Waals surface area contributed by atoms with Crippen molar-refractivity contribution in [1.82, 2.24) is 30.2 Å². The smallest absolute Gasteiger partial charge is 0.259 e. The Kier molecular flexibility index (Phi) is 4.80. The minimum absolute atomic E-state index is 0.0796. The van der Waals surface area contributed by atoms with Gasteiger partial charge in [-0.2, -0.15) is 0 Å². The molecule has 0 aliphatic carbocycles. The summed E-state index contributed by atoms with van der Waals surface area (Å²) in [6.07, 6.45) is 2.28. The molecule has 2 atom stereocenters. The number of nitrogens with zero attached hydrogens (tertiary/aromatic N) is 5. The fourth-order valence-electron chi connectivity index (χ4n) is 3.05. The van der Waals surface area contributed by atoms with E-state index in [1.807, 2.05) is 20.8 Å². The fourth-order valence-corrected chi connectivity index (χ4v) is 4.95. The quantitative estimate of drug-likeness (QED) is 0.666. The lowest BCUT2D eigenvalue weighted by Crippen LogP contribution is -2.17. The van der Waals surface area contributed by atoms with Gasteiger partial charge in [0.2, 0.25) is 5.16 Å². The van der Waals surface area contributed by atoms with E-state index in [0.717, 1.165) is 34.7 Å². The number of hydrogen-bond acceptors (Lipinski definition) is 8. The molecule has 3 aromatic rings. The van der Waals surface area contributed by atoms with E-state index in [-0.39, 0.29) is 16.9 Å². The maximum atomic E-state index is 12.5. The molecule has 0 bridgehead atoms. The third-order valence-corrected chi connectivity index (χ3v) is 6.81. The lowest BCUT2D eigenvalue weighted by molar-refractivity contribution is 0.0911. The summed E-state index contributed by atoms with van der Waals surface area (Å²) in [7, 11) is 0. The maximum Gasteiger partial charge on any atom is 0.259 e. The van der Waals surface area contributed by atoms with Crippen molar-refractivity contribution in [3.05, 3.63) is 26.6 Å². The molecular weight excluding hydrogens is 372 g/mol. The molecule has 8 nitrogen and oxygen atoms in total. The number of ether oxygens (including phenoxy) is 1. The van der Waals surface area contributed by atoms with Crippen LogP contribution in [0.1, 0.15) is 41.3 Å². The van der Waals surface area contributed by atoms with Crippen molar-refractivity contribution in [3.8, 4) is 0 Å². The Morgan fingerprint density at radius 3 is 3.08 bits per heavy atom. The molecule has 0 saturated carbocycles. The summed E-state index contributed by atoms with van der Waals surface area (Å²) in [5.41, 5.74) is 0.921. The molecule has 4 rings (SSSR count). The van der Waals surface area contributed by atoms with Crippen LogP contribution in [0.3, 0.4) is 0 Å². The van der Waals surface area contributed by atoms with Gasteiger partial charge in [-0.05, 0) is 49.6 Å². The molecule has 3 aromatic heterocycles. The third kappa shape index (κ3) is 3.28. The predicted molar refractivity (Wildman–Crippen MR) is 101 cm³/mol. The number of nitrogens with one attached hydrogen (secondary N) is 1. The molecule has 10 heteroatoms. The molecule has 1 saturated heterocycles. The van der Waals surface area contributed by atoms with Crippen LogP contribution in [0, 0.1) is 13.8 Å². The zero-order valence-electron chi connectivity index (χ0n) is 14.9. The highest BCUT2D eigenvalue weighted by Crippen LogP contribution is 2.33.